The normalized spacial score (nSPS) is 26.3. The molecule has 0 unspecified atom stereocenters. The van der Waals surface area contributed by atoms with Gasteiger partial charge in [-0.1, -0.05) is 23.7 Å². The molecule has 2 aromatic carbocycles. The highest BCUT2D eigenvalue weighted by molar-refractivity contribution is 6.33. The molecule has 0 bridgehead atoms. The molecule has 0 N–H and O–H groups in total. The molecule has 2 aromatic rings. The minimum absolute atomic E-state index is 0.0713. The van der Waals surface area contributed by atoms with E-state index >= 15 is 0 Å². The van der Waals surface area contributed by atoms with Crippen LogP contribution in [0.5, 0.6) is 0 Å². The Morgan fingerprint density at radius 2 is 1.67 bits per heavy atom. The monoisotopic (exact) mass is 430 g/mol. The molecule has 2 amide bonds. The number of hydrogen-bond donors (Lipinski definition) is 0. The van der Waals surface area contributed by atoms with Crippen molar-refractivity contribution < 1.29 is 18.9 Å². The van der Waals surface area contributed by atoms with Gasteiger partial charge in [-0.3, -0.25) is 19.7 Å². The number of hydrazine groups is 1. The molecule has 3 aliphatic rings. The first kappa shape index (κ1) is 19.1. The van der Waals surface area contributed by atoms with Gasteiger partial charge in [0.1, 0.15) is 16.9 Å². The van der Waals surface area contributed by atoms with Gasteiger partial charge in [0.25, 0.3) is 11.6 Å². The fourth-order valence-corrected chi connectivity index (χ4v) is 4.99. The Balaban J connectivity index is 1.58. The summed E-state index contributed by atoms with van der Waals surface area (Å²) in [6, 6.07) is 8.73. The molecule has 0 spiro atoms. The zero-order valence-corrected chi connectivity index (χ0v) is 16.3. The van der Waals surface area contributed by atoms with Crippen molar-refractivity contribution in [3.63, 3.8) is 0 Å². The van der Waals surface area contributed by atoms with Crippen LogP contribution < -0.4 is 4.90 Å². The molecule has 0 aromatic heterocycles. The molecule has 0 saturated carbocycles. The number of imide groups is 1. The maximum absolute atomic E-state index is 13.4. The number of amides is 2. The maximum Gasteiger partial charge on any atom is 0.289 e. The van der Waals surface area contributed by atoms with Gasteiger partial charge in [0.2, 0.25) is 5.91 Å². The highest BCUT2D eigenvalue weighted by Crippen LogP contribution is 2.49. The van der Waals surface area contributed by atoms with Crippen LogP contribution in [-0.2, 0) is 9.59 Å². The first-order valence-electron chi connectivity index (χ1n) is 9.49. The zero-order chi connectivity index (χ0) is 21.2. The molecule has 3 saturated heterocycles. The summed E-state index contributed by atoms with van der Waals surface area (Å²) in [6.45, 7) is 1.33. The number of carbonyl (C=O) groups is 2. The van der Waals surface area contributed by atoms with E-state index in [1.807, 2.05) is 10.0 Å². The Kier molecular flexibility index (Phi) is 4.35. The van der Waals surface area contributed by atoms with Crippen LogP contribution in [0.15, 0.2) is 42.5 Å². The zero-order valence-electron chi connectivity index (χ0n) is 15.6. The van der Waals surface area contributed by atoms with E-state index in [0.717, 1.165) is 23.0 Å². The van der Waals surface area contributed by atoms with Gasteiger partial charge >= 0.3 is 0 Å². The first-order valence-corrected chi connectivity index (χ1v) is 9.86. The molecule has 8 nitrogen and oxygen atoms in total. The highest BCUT2D eigenvalue weighted by Gasteiger charge is 2.62. The van der Waals surface area contributed by atoms with E-state index in [1.54, 1.807) is 12.1 Å². The quantitative estimate of drug-likeness (QED) is 0.423. The third kappa shape index (κ3) is 2.66. The molecule has 3 aliphatic heterocycles. The standard InChI is InChI=1S/C20H16ClFN4O4/c21-14-7-6-13(10-15(14)26(29)30)25-19(27)16-17(11-2-4-12(22)5-3-11)23-8-1-9-24(23)18(16)20(25)28/h2-7,10,16-18H,1,8-9H2/t16-,17-,18+/m0/s1. The summed E-state index contributed by atoms with van der Waals surface area (Å²) in [6.07, 6.45) is 0.842. The maximum atomic E-state index is 13.4. The van der Waals surface area contributed by atoms with Crippen molar-refractivity contribution in [2.24, 2.45) is 5.92 Å². The van der Waals surface area contributed by atoms with E-state index in [9.17, 15) is 24.1 Å². The Morgan fingerprint density at radius 3 is 2.33 bits per heavy atom. The average molecular weight is 431 g/mol. The second-order valence-corrected chi connectivity index (χ2v) is 7.96. The van der Waals surface area contributed by atoms with Crippen LogP contribution in [-0.4, -0.2) is 45.9 Å². The first-order chi connectivity index (χ1) is 14.4. The van der Waals surface area contributed by atoms with Crippen LogP contribution in [0.3, 0.4) is 0 Å². The number of rotatable bonds is 3. The lowest BCUT2D eigenvalue weighted by Crippen LogP contribution is -2.44. The fourth-order valence-electron chi connectivity index (χ4n) is 4.81. The summed E-state index contributed by atoms with van der Waals surface area (Å²) in [4.78, 5) is 38.3. The molecular weight excluding hydrogens is 415 g/mol. The smallest absolute Gasteiger partial charge is 0.274 e. The number of halogens is 2. The molecule has 30 heavy (non-hydrogen) atoms. The van der Waals surface area contributed by atoms with Crippen LogP contribution in [0.2, 0.25) is 5.02 Å². The minimum atomic E-state index is -0.690. The second-order valence-electron chi connectivity index (χ2n) is 7.55. The number of nitrogens with zero attached hydrogens (tertiary/aromatic N) is 4. The topological polar surface area (TPSA) is 87.0 Å². The second kappa shape index (κ2) is 6.83. The predicted octanol–water partition coefficient (Wildman–Crippen LogP) is 2.92. The molecule has 154 valence electrons. The van der Waals surface area contributed by atoms with Crippen LogP contribution in [0.25, 0.3) is 0 Å². The van der Waals surface area contributed by atoms with Crippen molar-refractivity contribution in [1.29, 1.82) is 0 Å². The number of hydrogen-bond acceptors (Lipinski definition) is 6. The summed E-state index contributed by atoms with van der Waals surface area (Å²) in [7, 11) is 0. The van der Waals surface area contributed by atoms with Crippen molar-refractivity contribution in [1.82, 2.24) is 10.0 Å². The van der Waals surface area contributed by atoms with Crippen molar-refractivity contribution in [3.8, 4) is 0 Å². The molecular formula is C20H16ClFN4O4. The van der Waals surface area contributed by atoms with E-state index in [4.69, 9.17) is 11.6 Å². The highest BCUT2D eigenvalue weighted by atomic mass is 35.5. The lowest BCUT2D eigenvalue weighted by Gasteiger charge is -2.29. The number of nitro benzene ring substituents is 1. The summed E-state index contributed by atoms with van der Waals surface area (Å²) in [5.74, 6) is -1.91. The Labute approximate surface area is 175 Å². The molecule has 3 heterocycles. The van der Waals surface area contributed by atoms with Crippen molar-refractivity contribution in [3.05, 3.63) is 69.0 Å². The summed E-state index contributed by atoms with van der Waals surface area (Å²) < 4.78 is 13.4. The molecule has 0 aliphatic carbocycles. The molecule has 3 atom stereocenters. The summed E-state index contributed by atoms with van der Waals surface area (Å²) in [5.41, 5.74) is 0.504. The van der Waals surface area contributed by atoms with Gasteiger partial charge < -0.3 is 0 Å². The van der Waals surface area contributed by atoms with Crippen LogP contribution in [0.1, 0.15) is 18.0 Å². The number of anilines is 1. The number of carbonyl (C=O) groups excluding carboxylic acids is 2. The minimum Gasteiger partial charge on any atom is -0.274 e. The van der Waals surface area contributed by atoms with E-state index in [2.05, 4.69) is 0 Å². The average Bonchev–Trinajstić information content (AvgIpc) is 3.36. The van der Waals surface area contributed by atoms with Crippen molar-refractivity contribution >= 4 is 34.8 Å². The van der Waals surface area contributed by atoms with Crippen LogP contribution in [0, 0.1) is 21.8 Å². The van der Waals surface area contributed by atoms with Gasteiger partial charge in [-0.15, -0.1) is 0 Å². The van der Waals surface area contributed by atoms with Gasteiger partial charge in [0.05, 0.1) is 22.6 Å². The third-order valence-electron chi connectivity index (χ3n) is 6.00. The number of nitro groups is 1. The van der Waals surface area contributed by atoms with Crippen molar-refractivity contribution in [2.45, 2.75) is 18.5 Å². The van der Waals surface area contributed by atoms with Crippen molar-refractivity contribution in [2.75, 3.05) is 18.0 Å². The molecule has 0 radical (unpaired) electrons. The van der Waals surface area contributed by atoms with Crippen LogP contribution >= 0.6 is 11.6 Å². The lowest BCUT2D eigenvalue weighted by molar-refractivity contribution is -0.384. The number of fused-ring (bicyclic) bond motifs is 3. The Bertz CT molecular complexity index is 1080. The summed E-state index contributed by atoms with van der Waals surface area (Å²) >= 11 is 5.88. The van der Waals surface area contributed by atoms with E-state index in [1.165, 1.54) is 24.3 Å². The van der Waals surface area contributed by atoms with Gasteiger partial charge in [0.15, 0.2) is 0 Å². The predicted molar refractivity (Wildman–Crippen MR) is 105 cm³/mol. The lowest BCUT2D eigenvalue weighted by atomic mass is 9.90. The van der Waals surface area contributed by atoms with Gasteiger partial charge in [-0.05, 0) is 36.2 Å². The van der Waals surface area contributed by atoms with E-state index in [0.29, 0.717) is 13.1 Å². The SMILES string of the molecule is O=C1[C@@H]2[C@H](C(=O)N1c1ccc(Cl)c([N+](=O)[O-])c1)N1CCCN1[C@H]2c1ccc(F)cc1. The number of benzene rings is 2. The molecule has 10 heteroatoms. The Morgan fingerprint density at radius 1 is 1.00 bits per heavy atom. The van der Waals surface area contributed by atoms with E-state index < -0.39 is 34.7 Å². The van der Waals surface area contributed by atoms with Gasteiger partial charge in [-0.2, -0.15) is 0 Å². The third-order valence-corrected chi connectivity index (χ3v) is 6.32. The van der Waals surface area contributed by atoms with Gasteiger partial charge in [0, 0.05) is 19.2 Å². The Hall–Kier alpha value is -2.88. The largest absolute Gasteiger partial charge is 0.289 e. The van der Waals surface area contributed by atoms with Gasteiger partial charge in [-0.25, -0.2) is 19.3 Å². The molecule has 3 fully saturated rings. The molecule has 5 rings (SSSR count). The summed E-state index contributed by atoms with van der Waals surface area (Å²) in [5, 5.41) is 15.1. The van der Waals surface area contributed by atoms with E-state index in [-0.39, 0.29) is 22.2 Å². The fraction of sp³-hybridized carbons (Fsp3) is 0.300. The van der Waals surface area contributed by atoms with Crippen LogP contribution in [0.4, 0.5) is 15.8 Å².